The van der Waals surface area contributed by atoms with E-state index in [4.69, 9.17) is 11.6 Å². The highest BCUT2D eigenvalue weighted by Crippen LogP contribution is 2.33. The lowest BCUT2D eigenvalue weighted by molar-refractivity contribution is -0.384. The normalized spacial score (nSPS) is 13.9. The molecule has 0 aliphatic carbocycles. The van der Waals surface area contributed by atoms with Gasteiger partial charge >= 0.3 is 6.18 Å². The number of hydrogen-bond acceptors (Lipinski definition) is 6. The molecule has 0 aliphatic heterocycles. The third-order valence-corrected chi connectivity index (χ3v) is 3.80. The van der Waals surface area contributed by atoms with E-state index in [1.807, 2.05) is 0 Å². The second kappa shape index (κ2) is 7.85. The highest BCUT2D eigenvalue weighted by atomic mass is 35.5. The van der Waals surface area contributed by atoms with Gasteiger partial charge in [-0.15, -0.1) is 0 Å². The molecule has 0 saturated carbocycles. The molecule has 0 saturated heterocycles. The van der Waals surface area contributed by atoms with Crippen LogP contribution in [0.1, 0.15) is 17.2 Å². The molecule has 3 N–H and O–H groups in total. The van der Waals surface area contributed by atoms with Gasteiger partial charge in [-0.25, -0.2) is 4.98 Å². The van der Waals surface area contributed by atoms with Crippen LogP contribution in [-0.4, -0.2) is 32.8 Å². The van der Waals surface area contributed by atoms with E-state index in [0.29, 0.717) is 12.3 Å². The minimum Gasteiger partial charge on any atom is -0.394 e. The number of aliphatic hydroxyl groups excluding tert-OH is 2. The van der Waals surface area contributed by atoms with Crippen LogP contribution >= 0.6 is 11.6 Å². The summed E-state index contributed by atoms with van der Waals surface area (Å²) in [4.78, 5) is 13.6. The van der Waals surface area contributed by atoms with E-state index in [2.05, 4.69) is 10.3 Å². The maximum absolute atomic E-state index is 12.6. The molecule has 0 amide bonds. The molecule has 2 aromatic rings. The lowest BCUT2D eigenvalue weighted by atomic mass is 10.0. The number of anilines is 1. The van der Waals surface area contributed by atoms with Crippen molar-refractivity contribution >= 4 is 23.1 Å². The summed E-state index contributed by atoms with van der Waals surface area (Å²) < 4.78 is 37.9. The molecule has 2 rings (SSSR count). The number of nitrogens with zero attached hydrogens (tertiary/aromatic N) is 2. The Morgan fingerprint density at radius 2 is 1.92 bits per heavy atom. The summed E-state index contributed by atoms with van der Waals surface area (Å²) in [6, 6.07) is 4.57. The molecule has 1 heterocycles. The number of rotatable bonds is 6. The number of aromatic nitrogens is 1. The van der Waals surface area contributed by atoms with Gasteiger partial charge < -0.3 is 15.5 Å². The highest BCUT2D eigenvalue weighted by molar-refractivity contribution is 6.33. The Morgan fingerprint density at radius 1 is 1.31 bits per heavy atom. The Kier molecular flexibility index (Phi) is 6.01. The summed E-state index contributed by atoms with van der Waals surface area (Å²) in [5.41, 5.74) is -0.961. The average Bonchev–Trinajstić information content (AvgIpc) is 2.59. The summed E-state index contributed by atoms with van der Waals surface area (Å²) in [6.45, 7) is -0.600. The van der Waals surface area contributed by atoms with E-state index in [0.717, 1.165) is 0 Å². The number of alkyl halides is 3. The van der Waals surface area contributed by atoms with E-state index in [1.165, 1.54) is 24.3 Å². The van der Waals surface area contributed by atoms with Crippen LogP contribution in [0.2, 0.25) is 5.02 Å². The van der Waals surface area contributed by atoms with Crippen molar-refractivity contribution in [1.29, 1.82) is 0 Å². The van der Waals surface area contributed by atoms with Crippen LogP contribution in [0.5, 0.6) is 0 Å². The van der Waals surface area contributed by atoms with Crippen molar-refractivity contribution in [3.8, 4) is 0 Å². The van der Waals surface area contributed by atoms with Gasteiger partial charge in [0.05, 0.1) is 28.2 Å². The van der Waals surface area contributed by atoms with Crippen LogP contribution in [0.25, 0.3) is 0 Å². The first kappa shape index (κ1) is 19.9. The van der Waals surface area contributed by atoms with Gasteiger partial charge in [-0.1, -0.05) is 11.6 Å². The Morgan fingerprint density at radius 3 is 2.38 bits per heavy atom. The maximum atomic E-state index is 12.6. The van der Waals surface area contributed by atoms with Crippen molar-refractivity contribution in [3.63, 3.8) is 0 Å². The Labute approximate surface area is 150 Å². The van der Waals surface area contributed by atoms with E-state index in [9.17, 15) is 33.5 Å². The minimum absolute atomic E-state index is 0.153. The zero-order chi connectivity index (χ0) is 19.5. The fourth-order valence-corrected chi connectivity index (χ4v) is 2.35. The quantitative estimate of drug-likeness (QED) is 0.515. The number of nitrogens with one attached hydrogen (secondary N) is 1. The molecule has 7 nitrogen and oxygen atoms in total. The smallest absolute Gasteiger partial charge is 0.394 e. The molecule has 0 spiro atoms. The Hall–Kier alpha value is -2.43. The molecular weight excluding hydrogens is 379 g/mol. The lowest BCUT2D eigenvalue weighted by Crippen LogP contribution is -2.31. The van der Waals surface area contributed by atoms with Gasteiger partial charge in [0.15, 0.2) is 0 Å². The van der Waals surface area contributed by atoms with E-state index < -0.39 is 35.4 Å². The number of hydrogen-bond donors (Lipinski definition) is 3. The van der Waals surface area contributed by atoms with Crippen LogP contribution in [0.4, 0.5) is 24.7 Å². The first-order chi connectivity index (χ1) is 12.1. The van der Waals surface area contributed by atoms with Crippen molar-refractivity contribution < 1.29 is 28.3 Å². The molecule has 0 fully saturated rings. The monoisotopic (exact) mass is 391 g/mol. The number of halogens is 4. The van der Waals surface area contributed by atoms with Crippen molar-refractivity contribution in [1.82, 2.24) is 4.98 Å². The summed E-state index contributed by atoms with van der Waals surface area (Å²) >= 11 is 5.78. The summed E-state index contributed by atoms with van der Waals surface area (Å²) in [6.07, 6.45) is -5.36. The van der Waals surface area contributed by atoms with Crippen LogP contribution in [-0.2, 0) is 6.18 Å². The number of nitro groups is 1. The maximum Gasteiger partial charge on any atom is 0.417 e. The number of benzene rings is 1. The van der Waals surface area contributed by atoms with Crippen LogP contribution in [0.3, 0.4) is 0 Å². The SMILES string of the molecule is O=[N+]([O-])c1ccc([C@@H](O)[C@H](CO)Nc2ncc(C(F)(F)F)cc2Cl)cc1. The Bertz CT molecular complexity index is 787. The van der Waals surface area contributed by atoms with Crippen molar-refractivity contribution in [2.24, 2.45) is 0 Å². The Balaban J connectivity index is 2.19. The molecular formula is C15H13ClF3N3O4. The molecule has 26 heavy (non-hydrogen) atoms. The molecule has 1 aromatic heterocycles. The summed E-state index contributed by atoms with van der Waals surface area (Å²) in [5.74, 6) is -0.153. The van der Waals surface area contributed by atoms with Crippen LogP contribution in [0.15, 0.2) is 36.5 Å². The fraction of sp³-hybridized carbons (Fsp3) is 0.267. The van der Waals surface area contributed by atoms with E-state index in [1.54, 1.807) is 0 Å². The molecule has 140 valence electrons. The van der Waals surface area contributed by atoms with Crippen molar-refractivity contribution in [3.05, 3.63) is 62.8 Å². The highest BCUT2D eigenvalue weighted by Gasteiger charge is 2.32. The van der Waals surface area contributed by atoms with Crippen molar-refractivity contribution in [2.75, 3.05) is 11.9 Å². The number of aliphatic hydroxyl groups is 2. The van der Waals surface area contributed by atoms with Gasteiger partial charge in [0, 0.05) is 18.3 Å². The van der Waals surface area contributed by atoms with Crippen LogP contribution < -0.4 is 5.32 Å². The van der Waals surface area contributed by atoms with Gasteiger partial charge in [-0.2, -0.15) is 13.2 Å². The van der Waals surface area contributed by atoms with Crippen molar-refractivity contribution in [2.45, 2.75) is 18.3 Å². The molecule has 0 bridgehead atoms. The predicted octanol–water partition coefficient (Wildman–Crippen LogP) is 3.17. The van der Waals surface area contributed by atoms with Gasteiger partial charge in [0.25, 0.3) is 5.69 Å². The molecule has 1 aromatic carbocycles. The number of pyridine rings is 1. The standard InChI is InChI=1S/C15H13ClF3N3O4/c16-11-5-9(15(17,18)19)6-20-14(11)21-12(7-23)13(24)8-1-3-10(4-2-8)22(25)26/h1-6,12-13,23-24H,7H2,(H,20,21)/t12-,13+/m0/s1. The second-order valence-corrected chi connectivity index (χ2v) is 5.69. The van der Waals surface area contributed by atoms with Crippen LogP contribution in [0, 0.1) is 10.1 Å². The molecule has 0 radical (unpaired) electrons. The van der Waals surface area contributed by atoms with E-state index in [-0.39, 0.29) is 22.1 Å². The van der Waals surface area contributed by atoms with Gasteiger partial charge in [-0.05, 0) is 23.8 Å². The van der Waals surface area contributed by atoms with Gasteiger partial charge in [0.1, 0.15) is 11.9 Å². The van der Waals surface area contributed by atoms with Gasteiger partial charge in [-0.3, -0.25) is 10.1 Å². The topological polar surface area (TPSA) is 109 Å². The first-order valence-corrected chi connectivity index (χ1v) is 7.54. The zero-order valence-corrected chi connectivity index (χ0v) is 13.7. The minimum atomic E-state index is -4.61. The molecule has 0 unspecified atom stereocenters. The zero-order valence-electron chi connectivity index (χ0n) is 12.9. The summed E-state index contributed by atoms with van der Waals surface area (Å²) in [5, 5.41) is 32.6. The fourth-order valence-electron chi connectivity index (χ4n) is 2.12. The average molecular weight is 392 g/mol. The second-order valence-electron chi connectivity index (χ2n) is 5.28. The predicted molar refractivity (Wildman–Crippen MR) is 86.8 cm³/mol. The molecule has 11 heteroatoms. The molecule has 2 atom stereocenters. The largest absolute Gasteiger partial charge is 0.417 e. The first-order valence-electron chi connectivity index (χ1n) is 7.16. The number of nitro benzene ring substituents is 1. The third-order valence-electron chi connectivity index (χ3n) is 3.51. The summed E-state index contributed by atoms with van der Waals surface area (Å²) in [7, 11) is 0. The third kappa shape index (κ3) is 4.59. The number of non-ortho nitro benzene ring substituents is 1. The van der Waals surface area contributed by atoms with Gasteiger partial charge in [0.2, 0.25) is 0 Å². The van der Waals surface area contributed by atoms with E-state index >= 15 is 0 Å². The molecule has 0 aliphatic rings. The lowest BCUT2D eigenvalue weighted by Gasteiger charge is -2.23.